The van der Waals surface area contributed by atoms with Gasteiger partial charge >= 0.3 is 0 Å². The van der Waals surface area contributed by atoms with Crippen LogP contribution in [-0.4, -0.2) is 0 Å². The van der Waals surface area contributed by atoms with Gasteiger partial charge in [-0.05, 0) is 17.5 Å². The highest BCUT2D eigenvalue weighted by molar-refractivity contribution is 6.35. The summed E-state index contributed by atoms with van der Waals surface area (Å²) in [7, 11) is 0. The molecule has 2 radical (unpaired) electrons. The molecule has 2 aromatic carbocycles. The van der Waals surface area contributed by atoms with Crippen LogP contribution >= 0.6 is 11.6 Å². The van der Waals surface area contributed by atoms with E-state index in [4.69, 9.17) is 11.6 Å². The SMILES string of the molecule is Clc1[c]ccc2c[c]ccc12. The van der Waals surface area contributed by atoms with E-state index in [0.29, 0.717) is 5.02 Å². The number of fused-ring (bicyclic) bond motifs is 1. The van der Waals surface area contributed by atoms with Crippen LogP contribution in [0.25, 0.3) is 10.8 Å². The maximum atomic E-state index is 5.89. The molecule has 0 atom stereocenters. The van der Waals surface area contributed by atoms with Crippen LogP contribution in [0.3, 0.4) is 0 Å². The van der Waals surface area contributed by atoms with Gasteiger partial charge in [-0.3, -0.25) is 0 Å². The van der Waals surface area contributed by atoms with Gasteiger partial charge in [0, 0.05) is 11.5 Å². The lowest BCUT2D eigenvalue weighted by Crippen LogP contribution is -1.71. The second kappa shape index (κ2) is 2.55. The smallest absolute Gasteiger partial charge is 0.0563 e. The Morgan fingerprint density at radius 2 is 2.09 bits per heavy atom. The molecule has 0 fully saturated rings. The molecule has 0 heterocycles. The largest absolute Gasteiger partial charge is 0.0830 e. The van der Waals surface area contributed by atoms with Gasteiger partial charge in [-0.25, -0.2) is 0 Å². The minimum Gasteiger partial charge on any atom is -0.0830 e. The highest BCUT2D eigenvalue weighted by Crippen LogP contribution is 2.21. The van der Waals surface area contributed by atoms with Crippen molar-refractivity contribution >= 4 is 22.4 Å². The summed E-state index contributed by atoms with van der Waals surface area (Å²) in [5.74, 6) is 0. The van der Waals surface area contributed by atoms with E-state index in [1.54, 1.807) is 0 Å². The van der Waals surface area contributed by atoms with Crippen molar-refractivity contribution in [3.63, 3.8) is 0 Å². The molecule has 11 heavy (non-hydrogen) atoms. The zero-order chi connectivity index (χ0) is 7.68. The van der Waals surface area contributed by atoms with Crippen LogP contribution in [0.15, 0.2) is 30.3 Å². The van der Waals surface area contributed by atoms with Gasteiger partial charge < -0.3 is 0 Å². The first-order valence-corrected chi connectivity index (χ1v) is 3.72. The van der Waals surface area contributed by atoms with E-state index in [1.807, 2.05) is 30.3 Å². The zero-order valence-corrected chi connectivity index (χ0v) is 6.52. The zero-order valence-electron chi connectivity index (χ0n) is 5.76. The third-order valence-electron chi connectivity index (χ3n) is 1.61. The minimum absolute atomic E-state index is 0.677. The quantitative estimate of drug-likeness (QED) is 0.556. The third-order valence-corrected chi connectivity index (χ3v) is 1.92. The summed E-state index contributed by atoms with van der Waals surface area (Å²) in [6.07, 6.45) is 0. The van der Waals surface area contributed by atoms with Crippen molar-refractivity contribution in [2.45, 2.75) is 0 Å². The molecule has 0 unspecified atom stereocenters. The van der Waals surface area contributed by atoms with Crippen LogP contribution in [0.5, 0.6) is 0 Å². The van der Waals surface area contributed by atoms with Gasteiger partial charge in [0.15, 0.2) is 0 Å². The lowest BCUT2D eigenvalue weighted by molar-refractivity contribution is 1.72. The Hall–Kier alpha value is -1.01. The normalized spacial score (nSPS) is 10.3. The first kappa shape index (κ1) is 6.68. The van der Waals surface area contributed by atoms with E-state index in [0.717, 1.165) is 10.8 Å². The van der Waals surface area contributed by atoms with E-state index in [2.05, 4.69) is 12.1 Å². The van der Waals surface area contributed by atoms with E-state index in [1.165, 1.54) is 0 Å². The second-order valence-electron chi connectivity index (χ2n) is 2.31. The molecule has 0 saturated heterocycles. The monoisotopic (exact) mass is 160 g/mol. The van der Waals surface area contributed by atoms with Gasteiger partial charge in [0.05, 0.1) is 5.02 Å². The summed E-state index contributed by atoms with van der Waals surface area (Å²) in [6.45, 7) is 0. The van der Waals surface area contributed by atoms with E-state index in [9.17, 15) is 0 Å². The van der Waals surface area contributed by atoms with Gasteiger partial charge in [-0.15, -0.1) is 0 Å². The lowest BCUT2D eigenvalue weighted by atomic mass is 10.1. The van der Waals surface area contributed by atoms with Gasteiger partial charge in [-0.1, -0.05) is 35.9 Å². The van der Waals surface area contributed by atoms with Crippen molar-refractivity contribution in [1.82, 2.24) is 0 Å². The van der Waals surface area contributed by atoms with Gasteiger partial charge in [0.2, 0.25) is 0 Å². The van der Waals surface area contributed by atoms with E-state index >= 15 is 0 Å². The summed E-state index contributed by atoms with van der Waals surface area (Å²) < 4.78 is 0. The van der Waals surface area contributed by atoms with Crippen molar-refractivity contribution in [3.8, 4) is 0 Å². The molecule has 0 aliphatic carbocycles. The van der Waals surface area contributed by atoms with Crippen molar-refractivity contribution in [1.29, 1.82) is 0 Å². The molecule has 0 nitrogen and oxygen atoms in total. The van der Waals surface area contributed by atoms with Crippen LogP contribution in [0, 0.1) is 12.1 Å². The summed E-state index contributed by atoms with van der Waals surface area (Å²) in [5, 5.41) is 2.82. The summed E-state index contributed by atoms with van der Waals surface area (Å²) >= 11 is 5.89. The molecule has 0 amide bonds. The summed E-state index contributed by atoms with van der Waals surface area (Å²) in [6, 6.07) is 15.4. The van der Waals surface area contributed by atoms with Gasteiger partial charge in [-0.2, -0.15) is 0 Å². The fraction of sp³-hybridized carbons (Fsp3) is 0. The predicted molar refractivity (Wildman–Crippen MR) is 46.6 cm³/mol. The number of rotatable bonds is 0. The fourth-order valence-electron chi connectivity index (χ4n) is 1.06. The highest BCUT2D eigenvalue weighted by Gasteiger charge is 1.94. The Balaban J connectivity index is 2.91. The Labute approximate surface area is 70.4 Å². The van der Waals surface area contributed by atoms with E-state index in [-0.39, 0.29) is 0 Å². The Kier molecular flexibility index (Phi) is 1.55. The average Bonchev–Trinajstić information content (AvgIpc) is 2.06. The third kappa shape index (κ3) is 1.10. The maximum absolute atomic E-state index is 5.89. The molecule has 0 bridgehead atoms. The maximum Gasteiger partial charge on any atom is 0.0563 e. The molecular weight excluding hydrogens is 156 g/mol. The molecule has 0 aromatic heterocycles. The molecule has 0 N–H and O–H groups in total. The van der Waals surface area contributed by atoms with Crippen LogP contribution in [-0.2, 0) is 0 Å². The first-order valence-electron chi connectivity index (χ1n) is 3.34. The standard InChI is InChI=1S/C10H5Cl/c11-10-7-3-5-8-4-1-2-6-9(8)10/h2-6H. The summed E-state index contributed by atoms with van der Waals surface area (Å²) in [5.41, 5.74) is 0. The van der Waals surface area contributed by atoms with Crippen LogP contribution in [0.1, 0.15) is 0 Å². The Morgan fingerprint density at radius 1 is 1.18 bits per heavy atom. The number of halogens is 1. The number of hydrogen-bond donors (Lipinski definition) is 0. The molecule has 52 valence electrons. The molecule has 1 heteroatoms. The molecule has 0 spiro atoms. The first-order chi connectivity index (χ1) is 5.38. The molecule has 0 aliphatic heterocycles. The number of hydrogen-bond acceptors (Lipinski definition) is 0. The minimum atomic E-state index is 0.677. The van der Waals surface area contributed by atoms with E-state index < -0.39 is 0 Å². The van der Waals surface area contributed by atoms with Crippen molar-refractivity contribution in [2.75, 3.05) is 0 Å². The fourth-order valence-corrected chi connectivity index (χ4v) is 1.30. The number of benzene rings is 2. The average molecular weight is 161 g/mol. The second-order valence-corrected chi connectivity index (χ2v) is 2.68. The molecule has 2 rings (SSSR count). The van der Waals surface area contributed by atoms with Gasteiger partial charge in [0.25, 0.3) is 0 Å². The van der Waals surface area contributed by atoms with Crippen LogP contribution in [0.4, 0.5) is 0 Å². The topological polar surface area (TPSA) is 0 Å². The van der Waals surface area contributed by atoms with Crippen molar-refractivity contribution in [3.05, 3.63) is 47.5 Å². The Morgan fingerprint density at radius 3 is 2.91 bits per heavy atom. The summed E-state index contributed by atoms with van der Waals surface area (Å²) in [4.78, 5) is 0. The molecule has 2 aromatic rings. The highest BCUT2D eigenvalue weighted by atomic mass is 35.5. The van der Waals surface area contributed by atoms with Crippen molar-refractivity contribution < 1.29 is 0 Å². The van der Waals surface area contributed by atoms with Crippen LogP contribution < -0.4 is 0 Å². The molecular formula is C10H5Cl. The lowest BCUT2D eigenvalue weighted by Gasteiger charge is -1.96. The Bertz CT molecular complexity index is 374. The molecule has 0 saturated carbocycles. The van der Waals surface area contributed by atoms with Crippen LogP contribution in [0.2, 0.25) is 5.02 Å². The van der Waals surface area contributed by atoms with Crippen molar-refractivity contribution in [2.24, 2.45) is 0 Å². The molecule has 0 aliphatic rings. The predicted octanol–water partition coefficient (Wildman–Crippen LogP) is 3.09. The van der Waals surface area contributed by atoms with Gasteiger partial charge in [0.1, 0.15) is 0 Å².